The van der Waals surface area contributed by atoms with E-state index in [1.54, 1.807) is 18.9 Å². The number of Topliss-reactive ketones (excluding diaryl/α,β-unsaturated/α-hetero) is 1. The maximum atomic E-state index is 12.4. The molecule has 0 saturated carbocycles. The number of ether oxygens (including phenoxy) is 1. The number of amides is 1. The van der Waals surface area contributed by atoms with Crippen LogP contribution in [0.15, 0.2) is 24.3 Å². The van der Waals surface area contributed by atoms with Crippen LogP contribution in [0.2, 0.25) is 0 Å². The molecule has 23 heavy (non-hydrogen) atoms. The van der Waals surface area contributed by atoms with Crippen molar-refractivity contribution in [2.24, 2.45) is 0 Å². The first kappa shape index (κ1) is 19.2. The average Bonchev–Trinajstić information content (AvgIpc) is 2.46. The summed E-state index contributed by atoms with van der Waals surface area (Å²) in [5, 5.41) is 0. The van der Waals surface area contributed by atoms with Gasteiger partial charge in [-0.1, -0.05) is 44.0 Å². The molecule has 0 heterocycles. The summed E-state index contributed by atoms with van der Waals surface area (Å²) in [5.41, 5.74) is 1.19. The lowest BCUT2D eigenvalue weighted by atomic mass is 9.98. The summed E-state index contributed by atoms with van der Waals surface area (Å²) in [6.07, 6.45) is 2.62. The van der Waals surface area contributed by atoms with Gasteiger partial charge in [-0.25, -0.2) is 4.79 Å². The second-order valence-electron chi connectivity index (χ2n) is 6.93. The van der Waals surface area contributed by atoms with Crippen molar-refractivity contribution in [2.75, 3.05) is 7.05 Å². The lowest BCUT2D eigenvalue weighted by molar-refractivity contribution is 0.0209. The number of carbonyl (C=O) groups excluding carboxylic acids is 2. The van der Waals surface area contributed by atoms with Crippen LogP contribution in [0.1, 0.15) is 75.8 Å². The third kappa shape index (κ3) is 6.05. The first-order chi connectivity index (χ1) is 10.7. The maximum absolute atomic E-state index is 12.4. The van der Waals surface area contributed by atoms with Gasteiger partial charge in [-0.15, -0.1) is 0 Å². The Kier molecular flexibility index (Phi) is 6.79. The van der Waals surface area contributed by atoms with Crippen molar-refractivity contribution in [1.29, 1.82) is 0 Å². The van der Waals surface area contributed by atoms with Crippen LogP contribution in [0, 0.1) is 0 Å². The Bertz CT molecular complexity index is 529. The summed E-state index contributed by atoms with van der Waals surface area (Å²) in [5.74, 6) is 0.0437. The van der Waals surface area contributed by atoms with Gasteiger partial charge in [0.15, 0.2) is 5.78 Å². The highest BCUT2D eigenvalue weighted by atomic mass is 16.6. The zero-order valence-corrected chi connectivity index (χ0v) is 15.2. The lowest BCUT2D eigenvalue weighted by Crippen LogP contribution is -2.36. The first-order valence-corrected chi connectivity index (χ1v) is 8.22. The molecule has 1 amide bonds. The van der Waals surface area contributed by atoms with Gasteiger partial charge in [-0.2, -0.15) is 0 Å². The molecule has 1 atom stereocenters. The minimum absolute atomic E-state index is 0.0437. The summed E-state index contributed by atoms with van der Waals surface area (Å²) >= 11 is 0. The normalized spacial score (nSPS) is 12.6. The van der Waals surface area contributed by atoms with E-state index in [2.05, 4.69) is 6.92 Å². The fraction of sp³-hybridized carbons (Fsp3) is 0.579. The quantitative estimate of drug-likeness (QED) is 0.694. The number of unbranched alkanes of at least 4 members (excludes halogenated alkanes) is 1. The maximum Gasteiger partial charge on any atom is 0.410 e. The van der Waals surface area contributed by atoms with E-state index in [1.807, 2.05) is 45.0 Å². The molecule has 0 saturated heterocycles. The zero-order valence-electron chi connectivity index (χ0n) is 15.2. The minimum atomic E-state index is -0.515. The number of benzene rings is 1. The fourth-order valence-corrected chi connectivity index (χ4v) is 2.38. The van der Waals surface area contributed by atoms with E-state index in [-0.39, 0.29) is 17.9 Å². The van der Waals surface area contributed by atoms with E-state index in [0.29, 0.717) is 5.56 Å². The number of hydrogen-bond donors (Lipinski definition) is 0. The number of ketones is 1. The van der Waals surface area contributed by atoms with Crippen molar-refractivity contribution in [1.82, 2.24) is 4.90 Å². The predicted molar refractivity (Wildman–Crippen MR) is 92.7 cm³/mol. The Morgan fingerprint density at radius 3 is 2.17 bits per heavy atom. The van der Waals surface area contributed by atoms with Crippen molar-refractivity contribution in [3.8, 4) is 0 Å². The Hall–Kier alpha value is -1.84. The van der Waals surface area contributed by atoms with Gasteiger partial charge in [0.2, 0.25) is 0 Å². The van der Waals surface area contributed by atoms with Gasteiger partial charge in [0.1, 0.15) is 5.60 Å². The third-order valence-corrected chi connectivity index (χ3v) is 3.68. The molecule has 1 aromatic rings. The predicted octanol–water partition coefficient (Wildman–Crippen LogP) is 4.99. The van der Waals surface area contributed by atoms with Crippen LogP contribution in [0.3, 0.4) is 0 Å². The van der Waals surface area contributed by atoms with Crippen LogP contribution in [0.25, 0.3) is 0 Å². The summed E-state index contributed by atoms with van der Waals surface area (Å²) in [6.45, 7) is 9.27. The van der Waals surface area contributed by atoms with Gasteiger partial charge in [-0.05, 0) is 39.7 Å². The number of hydrogen-bond acceptors (Lipinski definition) is 3. The molecule has 0 spiro atoms. The van der Waals surface area contributed by atoms with Crippen molar-refractivity contribution < 1.29 is 14.3 Å². The van der Waals surface area contributed by atoms with Crippen molar-refractivity contribution in [3.63, 3.8) is 0 Å². The van der Waals surface area contributed by atoms with E-state index in [0.717, 1.165) is 24.8 Å². The fourth-order valence-electron chi connectivity index (χ4n) is 2.38. The number of carbonyl (C=O) groups is 2. The monoisotopic (exact) mass is 319 g/mol. The molecule has 1 rings (SSSR count). The molecule has 0 radical (unpaired) electrons. The Balaban J connectivity index is 2.98. The second kappa shape index (κ2) is 8.14. The molecule has 0 aliphatic rings. The molecule has 0 aliphatic heterocycles. The molecule has 0 bridgehead atoms. The highest BCUT2D eigenvalue weighted by molar-refractivity contribution is 5.94. The molecule has 0 N–H and O–H groups in total. The molecule has 0 aliphatic carbocycles. The standard InChI is InChI=1S/C19H29NO3/c1-7-8-9-17(20(6)18(22)23-19(3,4)5)16-12-10-15(11-13-16)14(2)21/h10-13,17H,7-9H2,1-6H3. The molecular weight excluding hydrogens is 290 g/mol. The van der Waals surface area contributed by atoms with Crippen molar-refractivity contribution in [3.05, 3.63) is 35.4 Å². The van der Waals surface area contributed by atoms with Crippen LogP contribution in [-0.4, -0.2) is 29.4 Å². The van der Waals surface area contributed by atoms with Gasteiger partial charge in [0, 0.05) is 12.6 Å². The van der Waals surface area contributed by atoms with Gasteiger partial charge in [0.05, 0.1) is 6.04 Å². The third-order valence-electron chi connectivity index (χ3n) is 3.68. The molecule has 4 nitrogen and oxygen atoms in total. The van der Waals surface area contributed by atoms with E-state index in [9.17, 15) is 9.59 Å². The van der Waals surface area contributed by atoms with Crippen molar-refractivity contribution in [2.45, 2.75) is 65.5 Å². The molecule has 0 fully saturated rings. The summed E-state index contributed by atoms with van der Waals surface area (Å²) in [4.78, 5) is 25.4. The Labute approximate surface area is 139 Å². The van der Waals surface area contributed by atoms with E-state index in [1.165, 1.54) is 0 Å². The molecule has 4 heteroatoms. The lowest BCUT2D eigenvalue weighted by Gasteiger charge is -2.31. The van der Waals surface area contributed by atoms with Crippen LogP contribution >= 0.6 is 0 Å². The SMILES string of the molecule is CCCCC(c1ccc(C(C)=O)cc1)N(C)C(=O)OC(C)(C)C. The van der Waals surface area contributed by atoms with E-state index >= 15 is 0 Å². The summed E-state index contributed by atoms with van der Waals surface area (Å²) in [7, 11) is 1.77. The van der Waals surface area contributed by atoms with E-state index < -0.39 is 5.60 Å². The Morgan fingerprint density at radius 2 is 1.74 bits per heavy atom. The zero-order chi connectivity index (χ0) is 17.6. The highest BCUT2D eigenvalue weighted by Gasteiger charge is 2.26. The number of rotatable bonds is 6. The second-order valence-corrected chi connectivity index (χ2v) is 6.93. The minimum Gasteiger partial charge on any atom is -0.444 e. The summed E-state index contributed by atoms with van der Waals surface area (Å²) in [6, 6.07) is 7.44. The van der Waals surface area contributed by atoms with Gasteiger partial charge in [-0.3, -0.25) is 4.79 Å². The van der Waals surface area contributed by atoms with Crippen LogP contribution in [-0.2, 0) is 4.74 Å². The van der Waals surface area contributed by atoms with Crippen LogP contribution in [0.4, 0.5) is 4.79 Å². The first-order valence-electron chi connectivity index (χ1n) is 8.22. The van der Waals surface area contributed by atoms with E-state index in [4.69, 9.17) is 4.74 Å². The van der Waals surface area contributed by atoms with Crippen LogP contribution < -0.4 is 0 Å². The molecule has 128 valence electrons. The van der Waals surface area contributed by atoms with Gasteiger partial charge >= 0.3 is 6.09 Å². The highest BCUT2D eigenvalue weighted by Crippen LogP contribution is 2.27. The Morgan fingerprint density at radius 1 is 1.17 bits per heavy atom. The summed E-state index contributed by atoms with van der Waals surface area (Å²) < 4.78 is 5.48. The largest absolute Gasteiger partial charge is 0.444 e. The molecule has 1 aromatic carbocycles. The molecular formula is C19H29NO3. The van der Waals surface area contributed by atoms with Gasteiger partial charge < -0.3 is 9.64 Å². The topological polar surface area (TPSA) is 46.6 Å². The smallest absolute Gasteiger partial charge is 0.410 e. The molecule has 1 unspecified atom stereocenters. The number of nitrogens with zero attached hydrogens (tertiary/aromatic N) is 1. The van der Waals surface area contributed by atoms with Crippen LogP contribution in [0.5, 0.6) is 0 Å². The molecule has 0 aromatic heterocycles. The van der Waals surface area contributed by atoms with Crippen molar-refractivity contribution >= 4 is 11.9 Å². The van der Waals surface area contributed by atoms with Gasteiger partial charge in [0.25, 0.3) is 0 Å². The average molecular weight is 319 g/mol.